The van der Waals surface area contributed by atoms with Crippen LogP contribution in [-0.4, -0.2) is 24.0 Å². The Kier molecular flexibility index (Phi) is 12.7. The second-order valence-electron chi connectivity index (χ2n) is 5.82. The third kappa shape index (κ3) is 12.8. The summed E-state index contributed by atoms with van der Waals surface area (Å²) >= 11 is 0. The molecule has 0 aromatic carbocycles. The van der Waals surface area contributed by atoms with Crippen LogP contribution in [0.15, 0.2) is 0 Å². The fraction of sp³-hybridized carbons (Fsp3) is 1.00. The van der Waals surface area contributed by atoms with Crippen LogP contribution >= 0.6 is 0 Å². The molecular weight excluding hydrogens is 252 g/mol. The molecule has 0 aliphatic heterocycles. The molecular formula is C15H34OSi2. The average Bonchev–Trinajstić information content (AvgIpc) is 2.36. The summed E-state index contributed by atoms with van der Waals surface area (Å²) in [6.07, 6.45) is 14.4. The maximum absolute atomic E-state index is 5.58. The summed E-state index contributed by atoms with van der Waals surface area (Å²) in [5.74, 6) is 0. The lowest BCUT2D eigenvalue weighted by Crippen LogP contribution is -2.36. The molecule has 0 heterocycles. The molecule has 0 fully saturated rings. The van der Waals surface area contributed by atoms with Gasteiger partial charge in [-0.2, -0.15) is 0 Å². The Hall–Kier alpha value is 0.394. The minimum atomic E-state index is -1.24. The minimum absolute atomic E-state index is 1.09. The van der Waals surface area contributed by atoms with Crippen molar-refractivity contribution in [3.63, 3.8) is 0 Å². The first kappa shape index (κ1) is 18.4. The third-order valence-corrected chi connectivity index (χ3v) is 9.98. The molecule has 0 unspecified atom stereocenters. The fourth-order valence-corrected chi connectivity index (χ4v) is 6.02. The summed E-state index contributed by atoms with van der Waals surface area (Å²) in [5, 5.41) is 0. The zero-order chi connectivity index (χ0) is 13.7. The number of unbranched alkanes of at least 4 members (excludes halogenated alkanes) is 9. The highest BCUT2D eigenvalue weighted by molar-refractivity contribution is 7.20. The maximum Gasteiger partial charge on any atom is 0.168 e. The summed E-state index contributed by atoms with van der Waals surface area (Å²) in [6.45, 7) is 6.96. The van der Waals surface area contributed by atoms with Crippen molar-refractivity contribution in [3.8, 4) is 0 Å². The van der Waals surface area contributed by atoms with Crippen LogP contribution < -0.4 is 0 Å². The number of hydrogen-bond donors (Lipinski definition) is 0. The average molecular weight is 287 g/mol. The molecule has 0 saturated carbocycles. The second-order valence-corrected chi connectivity index (χ2v) is 14.8. The van der Waals surface area contributed by atoms with Gasteiger partial charge in [-0.15, -0.1) is 0 Å². The standard InChI is InChI=1S/C15H34OSi2/c1-5-6-7-8-9-10-11-12-13-14-15-17-18(3,4)16-2/h5-15H2,1-4H3. The van der Waals surface area contributed by atoms with Crippen LogP contribution in [0.2, 0.25) is 19.1 Å². The first-order valence-corrected chi connectivity index (χ1v) is 13.0. The van der Waals surface area contributed by atoms with Crippen molar-refractivity contribution < 1.29 is 4.43 Å². The molecule has 0 aliphatic carbocycles. The largest absolute Gasteiger partial charge is 0.424 e. The molecule has 0 amide bonds. The van der Waals surface area contributed by atoms with Gasteiger partial charge in [0.05, 0.1) is 9.04 Å². The lowest BCUT2D eigenvalue weighted by molar-refractivity contribution is 0.421. The van der Waals surface area contributed by atoms with Crippen LogP contribution in [0.25, 0.3) is 0 Å². The molecule has 1 nitrogen and oxygen atoms in total. The quantitative estimate of drug-likeness (QED) is 0.326. The number of rotatable bonds is 13. The molecule has 3 heteroatoms. The van der Waals surface area contributed by atoms with E-state index in [2.05, 4.69) is 20.0 Å². The highest BCUT2D eigenvalue weighted by Gasteiger charge is 2.19. The van der Waals surface area contributed by atoms with Crippen molar-refractivity contribution in [2.24, 2.45) is 0 Å². The van der Waals surface area contributed by atoms with Crippen molar-refractivity contribution in [3.05, 3.63) is 0 Å². The molecule has 0 N–H and O–H groups in total. The Morgan fingerprint density at radius 1 is 0.778 bits per heavy atom. The zero-order valence-corrected chi connectivity index (χ0v) is 15.2. The topological polar surface area (TPSA) is 9.23 Å². The highest BCUT2D eigenvalue weighted by atomic mass is 29.2. The van der Waals surface area contributed by atoms with Gasteiger partial charge in [0, 0.05) is 7.11 Å². The number of hydrogen-bond acceptors (Lipinski definition) is 1. The normalized spacial score (nSPS) is 12.0. The van der Waals surface area contributed by atoms with E-state index in [1.54, 1.807) is 0 Å². The zero-order valence-electron chi connectivity index (χ0n) is 13.2. The van der Waals surface area contributed by atoms with Crippen LogP contribution in [0.1, 0.15) is 71.1 Å². The van der Waals surface area contributed by atoms with Crippen LogP contribution in [0.5, 0.6) is 0 Å². The van der Waals surface area contributed by atoms with Crippen molar-refractivity contribution in [2.45, 2.75) is 90.3 Å². The smallest absolute Gasteiger partial charge is 0.168 e. The van der Waals surface area contributed by atoms with Crippen LogP contribution in [0.4, 0.5) is 0 Å². The predicted molar refractivity (Wildman–Crippen MR) is 86.9 cm³/mol. The van der Waals surface area contributed by atoms with Gasteiger partial charge in [0.15, 0.2) is 7.83 Å². The summed E-state index contributed by atoms with van der Waals surface area (Å²) in [4.78, 5) is 0. The fourth-order valence-electron chi connectivity index (χ4n) is 2.07. The van der Waals surface area contributed by atoms with Gasteiger partial charge in [-0.1, -0.05) is 77.2 Å². The van der Waals surface area contributed by atoms with Gasteiger partial charge in [-0.3, -0.25) is 0 Å². The van der Waals surface area contributed by atoms with E-state index in [1.165, 1.54) is 70.3 Å². The van der Waals surface area contributed by atoms with Crippen LogP contribution in [-0.2, 0) is 4.43 Å². The third-order valence-electron chi connectivity index (χ3n) is 3.59. The second kappa shape index (κ2) is 12.4. The molecule has 0 atom stereocenters. The van der Waals surface area contributed by atoms with Gasteiger partial charge in [0.25, 0.3) is 0 Å². The van der Waals surface area contributed by atoms with E-state index in [9.17, 15) is 0 Å². The highest BCUT2D eigenvalue weighted by Crippen LogP contribution is 2.12. The van der Waals surface area contributed by atoms with Crippen LogP contribution in [0, 0.1) is 0 Å². The molecule has 0 spiro atoms. The van der Waals surface area contributed by atoms with E-state index in [1.807, 2.05) is 7.11 Å². The van der Waals surface area contributed by atoms with E-state index in [0.717, 1.165) is 9.04 Å². The van der Waals surface area contributed by atoms with Crippen LogP contribution in [0.3, 0.4) is 0 Å². The Morgan fingerprint density at radius 3 is 1.67 bits per heavy atom. The summed E-state index contributed by atoms with van der Waals surface area (Å²) in [7, 11) is 1.73. The monoisotopic (exact) mass is 286 g/mol. The van der Waals surface area contributed by atoms with Gasteiger partial charge >= 0.3 is 0 Å². The lowest BCUT2D eigenvalue weighted by atomic mass is 10.1. The van der Waals surface area contributed by atoms with E-state index in [0.29, 0.717) is 0 Å². The Morgan fingerprint density at radius 2 is 1.22 bits per heavy atom. The SMILES string of the molecule is CCCCCCCCCCCC[Si][Si](C)(C)OC. The molecule has 0 saturated heterocycles. The molecule has 0 aromatic heterocycles. The molecule has 0 aromatic rings. The molecule has 2 radical (unpaired) electrons. The molecule has 108 valence electrons. The predicted octanol–water partition coefficient (Wildman–Crippen LogP) is 5.38. The van der Waals surface area contributed by atoms with Gasteiger partial charge in [0.2, 0.25) is 0 Å². The summed E-state index contributed by atoms with van der Waals surface area (Å²) in [6, 6.07) is 1.41. The van der Waals surface area contributed by atoms with E-state index >= 15 is 0 Å². The van der Waals surface area contributed by atoms with Crippen molar-refractivity contribution >= 4 is 16.9 Å². The first-order chi connectivity index (χ1) is 8.62. The first-order valence-electron chi connectivity index (χ1n) is 7.92. The van der Waals surface area contributed by atoms with Gasteiger partial charge < -0.3 is 4.43 Å². The van der Waals surface area contributed by atoms with Gasteiger partial charge in [-0.05, 0) is 13.1 Å². The lowest BCUT2D eigenvalue weighted by Gasteiger charge is -2.18. The van der Waals surface area contributed by atoms with E-state index in [4.69, 9.17) is 4.43 Å². The van der Waals surface area contributed by atoms with Gasteiger partial charge in [-0.25, -0.2) is 0 Å². The van der Waals surface area contributed by atoms with E-state index in [-0.39, 0.29) is 0 Å². The van der Waals surface area contributed by atoms with Crippen molar-refractivity contribution in [1.29, 1.82) is 0 Å². The Balaban J connectivity index is 3.08. The Bertz CT molecular complexity index is 172. The Labute approximate surface area is 119 Å². The molecule has 0 rings (SSSR count). The summed E-state index contributed by atoms with van der Waals surface area (Å²) < 4.78 is 5.58. The van der Waals surface area contributed by atoms with Gasteiger partial charge in [0.1, 0.15) is 0 Å². The van der Waals surface area contributed by atoms with E-state index < -0.39 is 7.83 Å². The van der Waals surface area contributed by atoms with Crippen molar-refractivity contribution in [2.75, 3.05) is 7.11 Å². The molecule has 0 bridgehead atoms. The van der Waals surface area contributed by atoms with Crippen molar-refractivity contribution in [1.82, 2.24) is 0 Å². The minimum Gasteiger partial charge on any atom is -0.424 e. The maximum atomic E-state index is 5.58. The molecule has 18 heavy (non-hydrogen) atoms. The summed E-state index contributed by atoms with van der Waals surface area (Å²) in [5.41, 5.74) is 0. The molecule has 0 aliphatic rings.